The molecule has 0 bridgehead atoms. The van der Waals surface area contributed by atoms with E-state index in [0.29, 0.717) is 6.42 Å². The van der Waals surface area contributed by atoms with E-state index in [1.807, 2.05) is 0 Å². The average Bonchev–Trinajstić information content (AvgIpc) is 2.54. The molecule has 3 nitrogen and oxygen atoms in total. The van der Waals surface area contributed by atoms with Crippen molar-refractivity contribution in [3.05, 3.63) is 12.2 Å². The molecule has 1 heterocycles. The molecule has 0 aliphatic carbocycles. The van der Waals surface area contributed by atoms with Crippen molar-refractivity contribution in [2.45, 2.75) is 110 Å². The Kier molecular flexibility index (Phi) is 13.9. The molecule has 3 heteroatoms. The van der Waals surface area contributed by atoms with Crippen LogP contribution in [0, 0.1) is 0 Å². The fourth-order valence-corrected chi connectivity index (χ4v) is 2.85. The standard InChI is InChI=1S/C21H38O3/c1-2-3-4-5-6-7-8-9-10-11-12-13-14-15-16-17-20(22)24-21-18-19-23-21/h9-10,21H,2-8,11-19H2,1H3. The van der Waals surface area contributed by atoms with Crippen LogP contribution in [0.25, 0.3) is 0 Å². The molecule has 1 rings (SSSR count). The summed E-state index contributed by atoms with van der Waals surface area (Å²) in [4.78, 5) is 11.5. The van der Waals surface area contributed by atoms with Gasteiger partial charge in [0.05, 0.1) is 6.61 Å². The van der Waals surface area contributed by atoms with Gasteiger partial charge in [0.15, 0.2) is 0 Å². The van der Waals surface area contributed by atoms with Gasteiger partial charge >= 0.3 is 5.97 Å². The number of hydrogen-bond donors (Lipinski definition) is 0. The average molecular weight is 339 g/mol. The van der Waals surface area contributed by atoms with E-state index >= 15 is 0 Å². The summed E-state index contributed by atoms with van der Waals surface area (Å²) in [6.07, 6.45) is 22.4. The third-order valence-corrected chi connectivity index (χ3v) is 4.56. The number of rotatable bonds is 16. The van der Waals surface area contributed by atoms with Crippen LogP contribution < -0.4 is 0 Å². The van der Waals surface area contributed by atoms with Crippen LogP contribution in [0.2, 0.25) is 0 Å². The smallest absolute Gasteiger partial charge is 0.308 e. The summed E-state index contributed by atoms with van der Waals surface area (Å²) in [5, 5.41) is 0. The Hall–Kier alpha value is -0.830. The first-order valence-electron chi connectivity index (χ1n) is 10.3. The second-order valence-electron chi connectivity index (χ2n) is 6.91. The summed E-state index contributed by atoms with van der Waals surface area (Å²) >= 11 is 0. The first-order valence-corrected chi connectivity index (χ1v) is 10.3. The largest absolute Gasteiger partial charge is 0.436 e. The SMILES string of the molecule is CCCCCCCCC=CCCCCCCCC(=O)OC1CCO1. The molecule has 1 unspecified atom stereocenters. The molecule has 0 aromatic rings. The molecule has 0 aromatic carbocycles. The summed E-state index contributed by atoms with van der Waals surface area (Å²) in [5.41, 5.74) is 0. The monoisotopic (exact) mass is 338 g/mol. The Morgan fingerprint density at radius 1 is 0.917 bits per heavy atom. The molecular formula is C21H38O3. The van der Waals surface area contributed by atoms with Crippen LogP contribution in [0.15, 0.2) is 12.2 Å². The lowest BCUT2D eigenvalue weighted by Crippen LogP contribution is -2.31. The Labute approximate surface area is 149 Å². The second kappa shape index (κ2) is 15.7. The van der Waals surface area contributed by atoms with Crippen LogP contribution in [-0.4, -0.2) is 18.9 Å². The number of allylic oxidation sites excluding steroid dienone is 2. The molecule has 1 aliphatic rings. The molecule has 0 spiro atoms. The van der Waals surface area contributed by atoms with Crippen molar-refractivity contribution in [1.29, 1.82) is 0 Å². The third-order valence-electron chi connectivity index (χ3n) is 4.56. The van der Waals surface area contributed by atoms with E-state index in [9.17, 15) is 4.79 Å². The van der Waals surface area contributed by atoms with Gasteiger partial charge in [-0.05, 0) is 32.1 Å². The van der Waals surface area contributed by atoms with Crippen LogP contribution in [0.1, 0.15) is 103 Å². The van der Waals surface area contributed by atoms with Crippen molar-refractivity contribution < 1.29 is 14.3 Å². The van der Waals surface area contributed by atoms with Gasteiger partial charge < -0.3 is 9.47 Å². The van der Waals surface area contributed by atoms with Crippen LogP contribution in [0.4, 0.5) is 0 Å². The number of esters is 1. The van der Waals surface area contributed by atoms with Gasteiger partial charge in [-0.3, -0.25) is 4.79 Å². The van der Waals surface area contributed by atoms with Gasteiger partial charge in [0, 0.05) is 12.8 Å². The summed E-state index contributed by atoms with van der Waals surface area (Å²) < 4.78 is 10.2. The number of carbonyl (C=O) groups is 1. The summed E-state index contributed by atoms with van der Waals surface area (Å²) in [5.74, 6) is -0.0997. The van der Waals surface area contributed by atoms with Crippen LogP contribution in [-0.2, 0) is 14.3 Å². The van der Waals surface area contributed by atoms with Gasteiger partial charge in [0.1, 0.15) is 0 Å². The van der Waals surface area contributed by atoms with Crippen molar-refractivity contribution in [2.24, 2.45) is 0 Å². The zero-order valence-corrected chi connectivity index (χ0v) is 15.8. The van der Waals surface area contributed by atoms with Crippen molar-refractivity contribution in [3.8, 4) is 0 Å². The van der Waals surface area contributed by atoms with E-state index in [-0.39, 0.29) is 12.3 Å². The number of ether oxygens (including phenoxy) is 2. The van der Waals surface area contributed by atoms with Crippen LogP contribution >= 0.6 is 0 Å². The summed E-state index contributed by atoms with van der Waals surface area (Å²) in [6.45, 7) is 2.99. The van der Waals surface area contributed by atoms with E-state index in [1.165, 1.54) is 70.6 Å². The first kappa shape index (κ1) is 21.2. The van der Waals surface area contributed by atoms with E-state index in [0.717, 1.165) is 25.9 Å². The van der Waals surface area contributed by atoms with E-state index in [4.69, 9.17) is 9.47 Å². The molecule has 0 N–H and O–H groups in total. The van der Waals surface area contributed by atoms with Gasteiger partial charge in [0.2, 0.25) is 6.29 Å². The topological polar surface area (TPSA) is 35.5 Å². The van der Waals surface area contributed by atoms with Crippen molar-refractivity contribution in [3.63, 3.8) is 0 Å². The van der Waals surface area contributed by atoms with Crippen molar-refractivity contribution in [1.82, 2.24) is 0 Å². The Morgan fingerprint density at radius 3 is 2.00 bits per heavy atom. The number of unbranched alkanes of at least 4 members (excludes halogenated alkanes) is 11. The third kappa shape index (κ3) is 12.6. The maximum atomic E-state index is 11.5. The number of carbonyl (C=O) groups excluding carboxylic acids is 1. The number of hydrogen-bond acceptors (Lipinski definition) is 3. The van der Waals surface area contributed by atoms with Crippen LogP contribution in [0.3, 0.4) is 0 Å². The molecule has 1 aliphatic heterocycles. The maximum Gasteiger partial charge on any atom is 0.308 e. The Balaban J connectivity index is 1.73. The fraction of sp³-hybridized carbons (Fsp3) is 0.857. The lowest BCUT2D eigenvalue weighted by atomic mass is 10.1. The highest BCUT2D eigenvalue weighted by Crippen LogP contribution is 2.14. The molecule has 0 aromatic heterocycles. The fourth-order valence-electron chi connectivity index (χ4n) is 2.85. The molecular weight excluding hydrogens is 300 g/mol. The van der Waals surface area contributed by atoms with E-state index < -0.39 is 0 Å². The van der Waals surface area contributed by atoms with Gasteiger partial charge in [-0.1, -0.05) is 70.4 Å². The predicted molar refractivity (Wildman–Crippen MR) is 99.9 cm³/mol. The Bertz CT molecular complexity index is 321. The minimum Gasteiger partial charge on any atom is -0.436 e. The minimum absolute atomic E-state index is 0.0997. The molecule has 0 radical (unpaired) electrons. The predicted octanol–water partition coefficient (Wildman–Crippen LogP) is 6.31. The molecule has 1 fully saturated rings. The first-order chi connectivity index (χ1) is 11.8. The quantitative estimate of drug-likeness (QED) is 0.188. The highest BCUT2D eigenvalue weighted by atomic mass is 16.7. The lowest BCUT2D eigenvalue weighted by molar-refractivity contribution is -0.216. The molecule has 140 valence electrons. The van der Waals surface area contributed by atoms with Gasteiger partial charge in [-0.15, -0.1) is 0 Å². The van der Waals surface area contributed by atoms with Gasteiger partial charge in [-0.25, -0.2) is 0 Å². The van der Waals surface area contributed by atoms with E-state index in [2.05, 4.69) is 19.1 Å². The highest BCUT2D eigenvalue weighted by molar-refractivity contribution is 5.69. The van der Waals surface area contributed by atoms with Crippen LogP contribution in [0.5, 0.6) is 0 Å². The Morgan fingerprint density at radius 2 is 1.46 bits per heavy atom. The maximum absolute atomic E-state index is 11.5. The molecule has 24 heavy (non-hydrogen) atoms. The molecule has 1 atom stereocenters. The molecule has 0 amide bonds. The minimum atomic E-state index is -0.249. The normalized spacial score (nSPS) is 17.1. The molecule has 0 saturated carbocycles. The zero-order valence-electron chi connectivity index (χ0n) is 15.8. The molecule has 1 saturated heterocycles. The second-order valence-corrected chi connectivity index (χ2v) is 6.91. The van der Waals surface area contributed by atoms with Crippen molar-refractivity contribution >= 4 is 5.97 Å². The van der Waals surface area contributed by atoms with Crippen molar-refractivity contribution in [2.75, 3.05) is 6.61 Å². The highest BCUT2D eigenvalue weighted by Gasteiger charge is 2.21. The van der Waals surface area contributed by atoms with Gasteiger partial charge in [-0.2, -0.15) is 0 Å². The summed E-state index contributed by atoms with van der Waals surface area (Å²) in [6, 6.07) is 0. The van der Waals surface area contributed by atoms with Gasteiger partial charge in [0.25, 0.3) is 0 Å². The zero-order chi connectivity index (χ0) is 17.3. The van der Waals surface area contributed by atoms with E-state index in [1.54, 1.807) is 0 Å². The lowest BCUT2D eigenvalue weighted by Gasteiger charge is -2.25. The summed E-state index contributed by atoms with van der Waals surface area (Å²) in [7, 11) is 0.